The number of fused-ring (bicyclic) bond motifs is 1. The Morgan fingerprint density at radius 3 is 2.50 bits per heavy atom. The molecule has 2 N–H and O–H groups in total. The lowest BCUT2D eigenvalue weighted by Crippen LogP contribution is -2.22. The third-order valence-corrected chi connectivity index (χ3v) is 3.15. The number of aryl methyl sites for hydroxylation is 2. The molecular formula is C14H15NO3. The topological polar surface area (TPSA) is 70.2 Å². The summed E-state index contributed by atoms with van der Waals surface area (Å²) in [5, 5.41) is 10.4. The second kappa shape index (κ2) is 4.64. The van der Waals surface area contributed by atoms with Crippen molar-refractivity contribution in [2.24, 2.45) is 0 Å². The van der Waals surface area contributed by atoms with Gasteiger partial charge in [0.1, 0.15) is 5.75 Å². The molecule has 94 valence electrons. The minimum absolute atomic E-state index is 0.161. The van der Waals surface area contributed by atoms with Gasteiger partial charge in [0.2, 0.25) is 5.43 Å². The van der Waals surface area contributed by atoms with Crippen LogP contribution in [0.2, 0.25) is 0 Å². The van der Waals surface area contributed by atoms with Gasteiger partial charge in [-0.2, -0.15) is 0 Å². The molecule has 4 nitrogen and oxygen atoms in total. The molecule has 0 amide bonds. The standard InChI is InChI=1S/C14H15NO3/c1-3-8-5-6-10-11(16)7-12(17)14(18)15-13(10)9(8)4-2/h5-7,16H,3-4H2,1-2H3,(H,15,17,18). The molecule has 0 aliphatic rings. The van der Waals surface area contributed by atoms with Crippen LogP contribution in [0.4, 0.5) is 0 Å². The van der Waals surface area contributed by atoms with Crippen molar-refractivity contribution in [3.05, 3.63) is 49.9 Å². The first-order chi connectivity index (χ1) is 8.58. The Kier molecular flexibility index (Phi) is 3.19. The van der Waals surface area contributed by atoms with Gasteiger partial charge in [0.15, 0.2) is 0 Å². The molecule has 0 aliphatic carbocycles. The Morgan fingerprint density at radius 2 is 1.89 bits per heavy atom. The van der Waals surface area contributed by atoms with Crippen LogP contribution in [0.25, 0.3) is 10.9 Å². The number of nitrogens with one attached hydrogen (secondary N) is 1. The van der Waals surface area contributed by atoms with Crippen molar-refractivity contribution in [1.29, 1.82) is 0 Å². The van der Waals surface area contributed by atoms with Crippen LogP contribution in [-0.2, 0) is 12.8 Å². The van der Waals surface area contributed by atoms with Crippen molar-refractivity contribution < 1.29 is 5.11 Å². The number of aromatic nitrogens is 1. The van der Waals surface area contributed by atoms with Gasteiger partial charge in [-0.15, -0.1) is 0 Å². The Labute approximate surface area is 104 Å². The minimum atomic E-state index is -0.733. The molecule has 1 aromatic carbocycles. The number of benzene rings is 1. The largest absolute Gasteiger partial charge is 0.507 e. The van der Waals surface area contributed by atoms with Crippen LogP contribution in [-0.4, -0.2) is 10.1 Å². The lowest BCUT2D eigenvalue weighted by atomic mass is 9.99. The third kappa shape index (κ3) is 1.90. The van der Waals surface area contributed by atoms with Crippen LogP contribution >= 0.6 is 0 Å². The minimum Gasteiger partial charge on any atom is -0.507 e. The highest BCUT2D eigenvalue weighted by atomic mass is 16.3. The van der Waals surface area contributed by atoms with Gasteiger partial charge in [0.05, 0.1) is 5.52 Å². The maximum absolute atomic E-state index is 11.6. The summed E-state index contributed by atoms with van der Waals surface area (Å²) < 4.78 is 0. The third-order valence-electron chi connectivity index (χ3n) is 3.15. The van der Waals surface area contributed by atoms with E-state index in [1.807, 2.05) is 19.9 Å². The summed E-state index contributed by atoms with van der Waals surface area (Å²) in [7, 11) is 0. The fourth-order valence-electron chi connectivity index (χ4n) is 2.22. The molecule has 0 spiro atoms. The second-order valence-corrected chi connectivity index (χ2v) is 4.18. The van der Waals surface area contributed by atoms with Gasteiger partial charge in [-0.3, -0.25) is 9.59 Å². The van der Waals surface area contributed by atoms with Gasteiger partial charge in [-0.05, 0) is 30.0 Å². The summed E-state index contributed by atoms with van der Waals surface area (Å²) in [6.07, 6.45) is 1.57. The number of aromatic hydroxyl groups is 1. The number of aromatic amines is 1. The molecule has 1 aromatic heterocycles. The van der Waals surface area contributed by atoms with Crippen LogP contribution in [0.15, 0.2) is 27.8 Å². The molecule has 1 heterocycles. The van der Waals surface area contributed by atoms with Crippen molar-refractivity contribution in [2.75, 3.05) is 0 Å². The van der Waals surface area contributed by atoms with Crippen molar-refractivity contribution in [2.45, 2.75) is 26.7 Å². The highest BCUT2D eigenvalue weighted by Crippen LogP contribution is 2.25. The molecule has 0 unspecified atom stereocenters. The Bertz CT molecular complexity index is 716. The first kappa shape index (κ1) is 12.4. The average molecular weight is 245 g/mol. The van der Waals surface area contributed by atoms with Gasteiger partial charge in [-0.1, -0.05) is 19.9 Å². The van der Waals surface area contributed by atoms with Crippen LogP contribution in [0, 0.1) is 0 Å². The summed E-state index contributed by atoms with van der Waals surface area (Å²) in [4.78, 5) is 25.6. The monoisotopic (exact) mass is 245 g/mol. The SMILES string of the molecule is CCc1ccc2c(O)cc(=O)c(=O)[nH]c2c1CC. The fraction of sp³-hybridized carbons (Fsp3) is 0.286. The predicted molar refractivity (Wildman–Crippen MR) is 71.3 cm³/mol. The molecule has 0 atom stereocenters. The second-order valence-electron chi connectivity index (χ2n) is 4.18. The van der Waals surface area contributed by atoms with E-state index in [0.717, 1.165) is 30.0 Å². The maximum atomic E-state index is 11.6. The zero-order valence-electron chi connectivity index (χ0n) is 10.4. The normalized spacial score (nSPS) is 10.8. The Balaban J connectivity index is 3.07. The molecule has 0 saturated heterocycles. The van der Waals surface area contributed by atoms with E-state index >= 15 is 0 Å². The molecule has 2 aromatic rings. The van der Waals surface area contributed by atoms with Gasteiger partial charge in [0.25, 0.3) is 5.56 Å². The first-order valence-corrected chi connectivity index (χ1v) is 5.99. The van der Waals surface area contributed by atoms with Crippen molar-refractivity contribution >= 4 is 10.9 Å². The van der Waals surface area contributed by atoms with Crippen molar-refractivity contribution in [1.82, 2.24) is 4.98 Å². The van der Waals surface area contributed by atoms with E-state index in [4.69, 9.17) is 0 Å². The summed E-state index contributed by atoms with van der Waals surface area (Å²) in [6, 6.07) is 4.62. The average Bonchev–Trinajstić information content (AvgIpc) is 2.46. The zero-order chi connectivity index (χ0) is 13.3. The van der Waals surface area contributed by atoms with E-state index in [1.165, 1.54) is 0 Å². The van der Waals surface area contributed by atoms with Crippen molar-refractivity contribution in [3.8, 4) is 5.75 Å². The van der Waals surface area contributed by atoms with E-state index in [-0.39, 0.29) is 5.75 Å². The van der Waals surface area contributed by atoms with Crippen LogP contribution < -0.4 is 11.0 Å². The quantitative estimate of drug-likeness (QED) is 0.791. The molecule has 2 rings (SSSR count). The Morgan fingerprint density at radius 1 is 1.17 bits per heavy atom. The van der Waals surface area contributed by atoms with E-state index in [1.54, 1.807) is 6.07 Å². The zero-order valence-corrected chi connectivity index (χ0v) is 10.4. The molecule has 4 heteroatoms. The predicted octanol–water partition coefficient (Wildman–Crippen LogP) is 1.72. The Hall–Kier alpha value is -2.10. The molecule has 0 saturated carbocycles. The van der Waals surface area contributed by atoms with Gasteiger partial charge < -0.3 is 10.1 Å². The van der Waals surface area contributed by atoms with E-state index in [0.29, 0.717) is 10.9 Å². The number of rotatable bonds is 2. The fourth-order valence-corrected chi connectivity index (χ4v) is 2.22. The number of hydrogen-bond acceptors (Lipinski definition) is 3. The summed E-state index contributed by atoms with van der Waals surface area (Å²) in [5.41, 5.74) is 1.20. The molecule has 0 bridgehead atoms. The first-order valence-electron chi connectivity index (χ1n) is 5.99. The summed E-state index contributed by atoms with van der Waals surface area (Å²) in [6.45, 7) is 4.01. The lowest BCUT2D eigenvalue weighted by Gasteiger charge is -2.08. The lowest BCUT2D eigenvalue weighted by molar-refractivity contribution is 0.481. The van der Waals surface area contributed by atoms with E-state index < -0.39 is 11.0 Å². The highest BCUT2D eigenvalue weighted by molar-refractivity contribution is 5.87. The molecule has 0 fully saturated rings. The van der Waals surface area contributed by atoms with Crippen LogP contribution in [0.1, 0.15) is 25.0 Å². The summed E-state index contributed by atoms with van der Waals surface area (Å²) in [5.74, 6) is -0.161. The smallest absolute Gasteiger partial charge is 0.296 e. The van der Waals surface area contributed by atoms with Gasteiger partial charge >= 0.3 is 0 Å². The van der Waals surface area contributed by atoms with Crippen LogP contribution in [0.5, 0.6) is 5.75 Å². The maximum Gasteiger partial charge on any atom is 0.296 e. The number of H-pyrrole nitrogens is 1. The van der Waals surface area contributed by atoms with Gasteiger partial charge in [-0.25, -0.2) is 0 Å². The molecule has 0 aliphatic heterocycles. The van der Waals surface area contributed by atoms with E-state index in [9.17, 15) is 14.7 Å². The highest BCUT2D eigenvalue weighted by Gasteiger charge is 2.09. The molecule has 18 heavy (non-hydrogen) atoms. The van der Waals surface area contributed by atoms with Crippen LogP contribution in [0.3, 0.4) is 0 Å². The number of hydrogen-bond donors (Lipinski definition) is 2. The summed E-state index contributed by atoms with van der Waals surface area (Å²) >= 11 is 0. The molecular weight excluding hydrogens is 230 g/mol. The van der Waals surface area contributed by atoms with E-state index in [2.05, 4.69) is 4.98 Å². The van der Waals surface area contributed by atoms with Gasteiger partial charge in [0, 0.05) is 11.5 Å². The molecule has 0 radical (unpaired) electrons. The van der Waals surface area contributed by atoms with Crippen molar-refractivity contribution in [3.63, 3.8) is 0 Å².